The van der Waals surface area contributed by atoms with Crippen LogP contribution in [0.4, 0.5) is 4.39 Å². The smallest absolute Gasteiger partial charge is 0.272 e. The standard InChI is InChI=1S/C21H21FN4O3S/c22-17-5-7-18(8-6-17)26-14-11-20(24-26)21(27)23-15-16-3-9-19(10-4-16)30(28,29)25-12-1-2-13-25/h3-11,14H,1-2,12-13,15H2,(H,23,27). The van der Waals surface area contributed by atoms with Gasteiger partial charge in [0.15, 0.2) is 5.69 Å². The van der Waals surface area contributed by atoms with E-state index in [0.717, 1.165) is 18.4 Å². The molecule has 30 heavy (non-hydrogen) atoms. The molecule has 0 bridgehead atoms. The highest BCUT2D eigenvalue weighted by Gasteiger charge is 2.26. The van der Waals surface area contributed by atoms with Gasteiger partial charge in [-0.3, -0.25) is 4.79 Å². The molecule has 156 valence electrons. The van der Waals surface area contributed by atoms with Crippen molar-refractivity contribution in [2.75, 3.05) is 13.1 Å². The van der Waals surface area contributed by atoms with E-state index in [1.165, 1.54) is 21.1 Å². The normalized spacial score (nSPS) is 14.7. The Morgan fingerprint density at radius 3 is 2.33 bits per heavy atom. The Kier molecular flexibility index (Phi) is 5.65. The molecule has 2 heterocycles. The number of nitrogens with zero attached hydrogens (tertiary/aromatic N) is 3. The van der Waals surface area contributed by atoms with Crippen molar-refractivity contribution in [2.24, 2.45) is 0 Å². The monoisotopic (exact) mass is 428 g/mol. The van der Waals surface area contributed by atoms with Gasteiger partial charge in [-0.15, -0.1) is 0 Å². The zero-order valence-corrected chi connectivity index (χ0v) is 17.0. The van der Waals surface area contributed by atoms with E-state index in [2.05, 4.69) is 10.4 Å². The Labute approximate surface area is 174 Å². The number of nitrogens with one attached hydrogen (secondary N) is 1. The molecule has 1 aliphatic rings. The molecule has 2 aromatic carbocycles. The second kappa shape index (κ2) is 8.37. The van der Waals surface area contributed by atoms with Gasteiger partial charge in [0, 0.05) is 25.8 Å². The summed E-state index contributed by atoms with van der Waals surface area (Å²) < 4.78 is 41.1. The van der Waals surface area contributed by atoms with Crippen LogP contribution in [-0.4, -0.2) is 41.5 Å². The van der Waals surface area contributed by atoms with Crippen molar-refractivity contribution in [3.63, 3.8) is 0 Å². The number of sulfonamides is 1. The Morgan fingerprint density at radius 2 is 1.67 bits per heavy atom. The summed E-state index contributed by atoms with van der Waals surface area (Å²) in [6.07, 6.45) is 3.40. The maximum Gasteiger partial charge on any atom is 0.272 e. The van der Waals surface area contributed by atoms with Gasteiger partial charge in [-0.2, -0.15) is 9.40 Å². The van der Waals surface area contributed by atoms with Crippen LogP contribution >= 0.6 is 0 Å². The lowest BCUT2D eigenvalue weighted by Crippen LogP contribution is -2.28. The minimum Gasteiger partial charge on any atom is -0.347 e. The topological polar surface area (TPSA) is 84.3 Å². The van der Waals surface area contributed by atoms with Crippen LogP contribution in [0, 0.1) is 5.82 Å². The van der Waals surface area contributed by atoms with Crippen molar-refractivity contribution in [1.29, 1.82) is 0 Å². The third kappa shape index (κ3) is 4.27. The van der Waals surface area contributed by atoms with Gasteiger partial charge in [-0.1, -0.05) is 12.1 Å². The van der Waals surface area contributed by atoms with Crippen molar-refractivity contribution >= 4 is 15.9 Å². The highest BCUT2D eigenvalue weighted by Crippen LogP contribution is 2.21. The SMILES string of the molecule is O=C(NCc1ccc(S(=O)(=O)N2CCCC2)cc1)c1ccn(-c2ccc(F)cc2)n1. The molecule has 1 fully saturated rings. The number of benzene rings is 2. The number of hydrogen-bond acceptors (Lipinski definition) is 4. The summed E-state index contributed by atoms with van der Waals surface area (Å²) in [5.41, 5.74) is 1.65. The molecule has 1 amide bonds. The summed E-state index contributed by atoms with van der Waals surface area (Å²) in [5.74, 6) is -0.701. The highest BCUT2D eigenvalue weighted by atomic mass is 32.2. The van der Waals surface area contributed by atoms with Gasteiger partial charge in [0.1, 0.15) is 5.82 Å². The number of rotatable bonds is 6. The predicted molar refractivity (Wildman–Crippen MR) is 109 cm³/mol. The zero-order chi connectivity index (χ0) is 21.1. The predicted octanol–water partition coefficient (Wildman–Crippen LogP) is 2.73. The van der Waals surface area contributed by atoms with E-state index in [4.69, 9.17) is 0 Å². The second-order valence-electron chi connectivity index (χ2n) is 7.06. The Bertz CT molecular complexity index is 1140. The number of halogens is 1. The molecule has 9 heteroatoms. The molecule has 1 saturated heterocycles. The largest absolute Gasteiger partial charge is 0.347 e. The fourth-order valence-electron chi connectivity index (χ4n) is 3.31. The van der Waals surface area contributed by atoms with Crippen LogP contribution in [0.25, 0.3) is 5.69 Å². The maximum absolute atomic E-state index is 13.0. The average molecular weight is 428 g/mol. The summed E-state index contributed by atoms with van der Waals surface area (Å²) in [6, 6.07) is 13.9. The van der Waals surface area contributed by atoms with Crippen LogP contribution in [0.5, 0.6) is 0 Å². The fraction of sp³-hybridized carbons (Fsp3) is 0.238. The first kappa shape index (κ1) is 20.2. The fourth-order valence-corrected chi connectivity index (χ4v) is 4.83. The molecule has 4 rings (SSSR count). The van der Waals surface area contributed by atoms with E-state index < -0.39 is 10.0 Å². The number of carbonyl (C=O) groups is 1. The molecule has 0 radical (unpaired) electrons. The molecule has 0 unspecified atom stereocenters. The summed E-state index contributed by atoms with van der Waals surface area (Å²) in [5, 5.41) is 6.98. The van der Waals surface area contributed by atoms with Crippen LogP contribution in [0.2, 0.25) is 0 Å². The first-order chi connectivity index (χ1) is 14.4. The van der Waals surface area contributed by atoms with Crippen molar-refractivity contribution in [3.8, 4) is 5.69 Å². The van der Waals surface area contributed by atoms with E-state index in [-0.39, 0.29) is 28.9 Å². The molecule has 1 N–H and O–H groups in total. The van der Waals surface area contributed by atoms with Crippen LogP contribution in [0.15, 0.2) is 65.7 Å². The van der Waals surface area contributed by atoms with Gasteiger partial charge in [0.05, 0.1) is 10.6 Å². The van der Waals surface area contributed by atoms with Crippen molar-refractivity contribution in [1.82, 2.24) is 19.4 Å². The first-order valence-corrected chi connectivity index (χ1v) is 11.1. The minimum absolute atomic E-state index is 0.229. The van der Waals surface area contributed by atoms with Gasteiger partial charge < -0.3 is 5.32 Å². The third-order valence-corrected chi connectivity index (χ3v) is 6.90. The molecule has 7 nitrogen and oxygen atoms in total. The molecular weight excluding hydrogens is 407 g/mol. The molecular formula is C21H21FN4O3S. The van der Waals surface area contributed by atoms with Crippen LogP contribution < -0.4 is 5.32 Å². The minimum atomic E-state index is -3.45. The van der Waals surface area contributed by atoms with E-state index in [9.17, 15) is 17.6 Å². The molecule has 0 aliphatic carbocycles. The van der Waals surface area contributed by atoms with Crippen LogP contribution in [-0.2, 0) is 16.6 Å². The molecule has 1 aliphatic heterocycles. The van der Waals surface area contributed by atoms with Crippen LogP contribution in [0.3, 0.4) is 0 Å². The number of amides is 1. The Balaban J connectivity index is 1.38. The summed E-state index contributed by atoms with van der Waals surface area (Å²) >= 11 is 0. The maximum atomic E-state index is 13.0. The average Bonchev–Trinajstić information content (AvgIpc) is 3.45. The first-order valence-electron chi connectivity index (χ1n) is 9.62. The molecule has 0 saturated carbocycles. The van der Waals surface area contributed by atoms with E-state index in [0.29, 0.717) is 18.8 Å². The van der Waals surface area contributed by atoms with Crippen molar-refractivity contribution in [3.05, 3.63) is 77.9 Å². The van der Waals surface area contributed by atoms with Gasteiger partial charge >= 0.3 is 0 Å². The summed E-state index contributed by atoms with van der Waals surface area (Å²) in [6.45, 7) is 1.36. The lowest BCUT2D eigenvalue weighted by Gasteiger charge is -2.15. The summed E-state index contributed by atoms with van der Waals surface area (Å²) in [7, 11) is -3.45. The molecule has 3 aromatic rings. The van der Waals surface area contributed by atoms with Crippen molar-refractivity contribution < 1.29 is 17.6 Å². The van der Waals surface area contributed by atoms with Crippen LogP contribution in [0.1, 0.15) is 28.9 Å². The lowest BCUT2D eigenvalue weighted by molar-refractivity contribution is 0.0945. The van der Waals surface area contributed by atoms with Gasteiger partial charge in [-0.25, -0.2) is 17.5 Å². The van der Waals surface area contributed by atoms with Gasteiger partial charge in [0.2, 0.25) is 10.0 Å². The quantitative estimate of drug-likeness (QED) is 0.654. The van der Waals surface area contributed by atoms with E-state index >= 15 is 0 Å². The molecule has 0 atom stereocenters. The Morgan fingerprint density at radius 1 is 1.00 bits per heavy atom. The molecule has 0 spiro atoms. The number of carbonyl (C=O) groups excluding carboxylic acids is 1. The van der Waals surface area contributed by atoms with Gasteiger partial charge in [-0.05, 0) is 60.9 Å². The Hall–Kier alpha value is -3.04. The van der Waals surface area contributed by atoms with E-state index in [1.54, 1.807) is 48.7 Å². The highest BCUT2D eigenvalue weighted by molar-refractivity contribution is 7.89. The van der Waals surface area contributed by atoms with E-state index in [1.807, 2.05) is 0 Å². The number of aromatic nitrogens is 2. The summed E-state index contributed by atoms with van der Waals surface area (Å²) in [4.78, 5) is 12.6. The third-order valence-electron chi connectivity index (χ3n) is 4.99. The molecule has 1 aromatic heterocycles. The zero-order valence-electron chi connectivity index (χ0n) is 16.2. The van der Waals surface area contributed by atoms with Crippen molar-refractivity contribution in [2.45, 2.75) is 24.3 Å². The lowest BCUT2D eigenvalue weighted by atomic mass is 10.2. The second-order valence-corrected chi connectivity index (χ2v) is 9.00. The number of hydrogen-bond donors (Lipinski definition) is 1. The van der Waals surface area contributed by atoms with Gasteiger partial charge in [0.25, 0.3) is 5.91 Å².